The first-order valence-corrected chi connectivity index (χ1v) is 4.30. The number of rotatable bonds is 2. The molecule has 1 rings (SSSR count). The molecule has 0 bridgehead atoms. The SMILES string of the molecule is O=S(ON1OCCCO1)C(F)(F)F. The van der Waals surface area contributed by atoms with Crippen molar-refractivity contribution in [3.63, 3.8) is 0 Å². The lowest BCUT2D eigenvalue weighted by atomic mass is 10.5. The number of hydrogen-bond acceptors (Lipinski definition) is 5. The van der Waals surface area contributed by atoms with Gasteiger partial charge < -0.3 is 0 Å². The topological polar surface area (TPSA) is 48.0 Å². The van der Waals surface area contributed by atoms with Gasteiger partial charge in [0.25, 0.3) is 11.1 Å². The summed E-state index contributed by atoms with van der Waals surface area (Å²) in [6, 6.07) is 0. The van der Waals surface area contributed by atoms with Crippen molar-refractivity contribution in [1.82, 2.24) is 5.39 Å². The predicted octanol–water partition coefficient (Wildman–Crippen LogP) is 0.670. The van der Waals surface area contributed by atoms with Crippen molar-refractivity contribution in [2.75, 3.05) is 13.2 Å². The van der Waals surface area contributed by atoms with E-state index < -0.39 is 16.6 Å². The molecule has 0 amide bonds. The Morgan fingerprint density at radius 2 is 1.85 bits per heavy atom. The van der Waals surface area contributed by atoms with Gasteiger partial charge >= 0.3 is 5.51 Å². The first kappa shape index (κ1) is 10.9. The van der Waals surface area contributed by atoms with Crippen LogP contribution >= 0.6 is 0 Å². The van der Waals surface area contributed by atoms with Crippen LogP contribution in [0, 0.1) is 0 Å². The third-order valence-corrected chi connectivity index (χ3v) is 1.63. The molecule has 5 nitrogen and oxygen atoms in total. The van der Waals surface area contributed by atoms with Crippen LogP contribution in [-0.2, 0) is 25.0 Å². The molecule has 1 atom stereocenters. The third kappa shape index (κ3) is 3.56. The first-order valence-electron chi connectivity index (χ1n) is 3.23. The van der Waals surface area contributed by atoms with Crippen LogP contribution in [0.5, 0.6) is 0 Å². The van der Waals surface area contributed by atoms with E-state index in [1.54, 1.807) is 0 Å². The summed E-state index contributed by atoms with van der Waals surface area (Å²) in [5, 5.41) is 0.118. The predicted molar refractivity (Wildman–Crippen MR) is 33.6 cm³/mol. The average Bonchev–Trinajstić information content (AvgIpc) is 2.04. The Kier molecular flexibility index (Phi) is 3.62. The van der Waals surface area contributed by atoms with Crippen molar-refractivity contribution < 1.29 is 31.3 Å². The van der Waals surface area contributed by atoms with Crippen molar-refractivity contribution in [3.05, 3.63) is 0 Å². The highest BCUT2D eigenvalue weighted by molar-refractivity contribution is 7.81. The van der Waals surface area contributed by atoms with E-state index in [-0.39, 0.29) is 18.6 Å². The highest BCUT2D eigenvalue weighted by atomic mass is 32.2. The maximum Gasteiger partial charge on any atom is 0.498 e. The van der Waals surface area contributed by atoms with Gasteiger partial charge in [0.05, 0.1) is 18.6 Å². The fourth-order valence-electron chi connectivity index (χ4n) is 0.515. The third-order valence-electron chi connectivity index (χ3n) is 1.000. The highest BCUT2D eigenvalue weighted by Crippen LogP contribution is 2.22. The van der Waals surface area contributed by atoms with E-state index in [0.717, 1.165) is 0 Å². The number of nitrogens with zero attached hydrogens (tertiary/aromatic N) is 1. The largest absolute Gasteiger partial charge is 0.498 e. The van der Waals surface area contributed by atoms with Gasteiger partial charge in [-0.1, -0.05) is 0 Å². The Morgan fingerprint density at radius 3 is 2.31 bits per heavy atom. The zero-order valence-corrected chi connectivity index (χ0v) is 7.06. The Hall–Kier alpha value is -0.220. The molecule has 0 aliphatic carbocycles. The second kappa shape index (κ2) is 4.33. The van der Waals surface area contributed by atoms with Crippen LogP contribution in [-0.4, -0.2) is 28.3 Å². The Bertz CT molecular complexity index is 192. The van der Waals surface area contributed by atoms with E-state index in [2.05, 4.69) is 14.0 Å². The first-order chi connectivity index (χ1) is 6.00. The van der Waals surface area contributed by atoms with Crippen LogP contribution < -0.4 is 0 Å². The molecular formula is C4H6F3NO4S. The second-order valence-electron chi connectivity index (χ2n) is 2.00. The summed E-state index contributed by atoms with van der Waals surface area (Å²) < 4.78 is 49.0. The van der Waals surface area contributed by atoms with Crippen LogP contribution in [0.1, 0.15) is 6.42 Å². The summed E-state index contributed by atoms with van der Waals surface area (Å²) in [6.45, 7) is 0.324. The summed E-state index contributed by atoms with van der Waals surface area (Å²) >= 11 is -3.46. The average molecular weight is 221 g/mol. The molecule has 9 heteroatoms. The maximum absolute atomic E-state index is 11.6. The summed E-state index contributed by atoms with van der Waals surface area (Å²) in [5.41, 5.74) is -4.94. The Morgan fingerprint density at radius 1 is 1.31 bits per heavy atom. The number of halogens is 3. The summed E-state index contributed by atoms with van der Waals surface area (Å²) in [5.74, 6) is 0. The molecule has 1 unspecified atom stereocenters. The molecule has 0 spiro atoms. The minimum absolute atomic E-state index is 0.118. The second-order valence-corrected chi connectivity index (χ2v) is 3.08. The molecule has 1 fully saturated rings. The fraction of sp³-hybridized carbons (Fsp3) is 1.00. The van der Waals surface area contributed by atoms with Crippen molar-refractivity contribution in [1.29, 1.82) is 0 Å². The molecule has 0 N–H and O–H groups in total. The van der Waals surface area contributed by atoms with Gasteiger partial charge in [-0.15, -0.1) is 4.28 Å². The molecule has 1 aliphatic rings. The molecule has 0 aromatic heterocycles. The van der Waals surface area contributed by atoms with Gasteiger partial charge in [-0.05, 0) is 6.42 Å². The molecule has 0 aromatic rings. The maximum atomic E-state index is 11.6. The van der Waals surface area contributed by atoms with E-state index in [9.17, 15) is 17.4 Å². The zero-order valence-electron chi connectivity index (χ0n) is 6.24. The minimum atomic E-state index is -4.94. The molecule has 0 saturated carbocycles. The summed E-state index contributed by atoms with van der Waals surface area (Å²) in [4.78, 5) is 8.88. The standard InChI is InChI=1S/C4H6F3NO4S/c5-4(6,7)13(9)12-8-10-2-1-3-11-8/h1-3H2. The number of alkyl halides is 3. The smallest absolute Gasteiger partial charge is 0.250 e. The van der Waals surface area contributed by atoms with Crippen LogP contribution in [0.4, 0.5) is 13.2 Å². The van der Waals surface area contributed by atoms with E-state index in [0.29, 0.717) is 6.42 Å². The zero-order chi connectivity index (χ0) is 9.90. The van der Waals surface area contributed by atoms with E-state index in [1.807, 2.05) is 0 Å². The summed E-state index contributed by atoms with van der Waals surface area (Å²) in [7, 11) is 0. The molecule has 1 heterocycles. The lowest BCUT2D eigenvalue weighted by molar-refractivity contribution is -0.507. The van der Waals surface area contributed by atoms with Gasteiger partial charge in [0.15, 0.2) is 0 Å². The van der Waals surface area contributed by atoms with Gasteiger partial charge in [0.1, 0.15) is 0 Å². The van der Waals surface area contributed by atoms with Gasteiger partial charge in [-0.25, -0.2) is 13.9 Å². The highest BCUT2D eigenvalue weighted by Gasteiger charge is 2.41. The molecule has 1 saturated heterocycles. The molecule has 0 radical (unpaired) electrons. The van der Waals surface area contributed by atoms with Crippen molar-refractivity contribution in [2.45, 2.75) is 11.9 Å². The molecular weight excluding hydrogens is 215 g/mol. The number of hydrogen-bond donors (Lipinski definition) is 0. The fourth-order valence-corrected chi connectivity index (χ4v) is 0.796. The van der Waals surface area contributed by atoms with Crippen molar-refractivity contribution >= 4 is 11.1 Å². The summed E-state index contributed by atoms with van der Waals surface area (Å²) in [6.07, 6.45) is 0.540. The molecule has 1 aliphatic heterocycles. The van der Waals surface area contributed by atoms with E-state index in [1.165, 1.54) is 0 Å². The van der Waals surface area contributed by atoms with Crippen LogP contribution in [0.25, 0.3) is 0 Å². The Labute approximate surface area is 73.9 Å². The van der Waals surface area contributed by atoms with Crippen LogP contribution in [0.3, 0.4) is 0 Å². The van der Waals surface area contributed by atoms with Gasteiger partial charge in [-0.2, -0.15) is 13.2 Å². The van der Waals surface area contributed by atoms with Crippen molar-refractivity contribution in [3.8, 4) is 0 Å². The van der Waals surface area contributed by atoms with E-state index >= 15 is 0 Å². The molecule has 78 valence electrons. The van der Waals surface area contributed by atoms with Crippen LogP contribution in [0.15, 0.2) is 0 Å². The lowest BCUT2D eigenvalue weighted by Gasteiger charge is -2.22. The Balaban J connectivity index is 2.35. The molecule has 0 aromatic carbocycles. The molecule has 13 heavy (non-hydrogen) atoms. The van der Waals surface area contributed by atoms with Crippen molar-refractivity contribution in [2.24, 2.45) is 0 Å². The lowest BCUT2D eigenvalue weighted by Crippen LogP contribution is -2.34. The van der Waals surface area contributed by atoms with Crippen LogP contribution in [0.2, 0.25) is 0 Å². The minimum Gasteiger partial charge on any atom is -0.250 e. The normalized spacial score (nSPS) is 23.0. The van der Waals surface area contributed by atoms with Gasteiger partial charge in [-0.3, -0.25) is 0 Å². The van der Waals surface area contributed by atoms with Gasteiger partial charge in [0, 0.05) is 0 Å². The van der Waals surface area contributed by atoms with Gasteiger partial charge in [0.2, 0.25) is 0 Å². The quantitative estimate of drug-likeness (QED) is 0.685. The van der Waals surface area contributed by atoms with E-state index in [4.69, 9.17) is 0 Å². The monoisotopic (exact) mass is 221 g/mol.